The first-order valence-electron chi connectivity index (χ1n) is 5.32. The van der Waals surface area contributed by atoms with Crippen molar-refractivity contribution >= 4 is 27.4 Å². The Bertz CT molecular complexity index is 355. The van der Waals surface area contributed by atoms with Crippen LogP contribution in [0.4, 0.5) is 11.5 Å². The molecule has 0 radical (unpaired) electrons. The number of nitrogens with one attached hydrogen (secondary N) is 1. The summed E-state index contributed by atoms with van der Waals surface area (Å²) in [5.41, 5.74) is 5.49. The Morgan fingerprint density at radius 3 is 2.88 bits per heavy atom. The lowest BCUT2D eigenvalue weighted by molar-refractivity contribution is 0.0636. The van der Waals surface area contributed by atoms with Crippen molar-refractivity contribution < 1.29 is 5.11 Å². The fourth-order valence-corrected chi connectivity index (χ4v) is 1.99. The Balaban J connectivity index is 2.61. The standard InChI is InChI=1S/C11H18BrN3O/c1-3-4-11(2,16)7-15-10-9(12)5-8(13)6-14-10/h5-6,16H,3-4,7,13H2,1-2H3,(H,14,15). The van der Waals surface area contributed by atoms with Gasteiger partial charge < -0.3 is 16.2 Å². The van der Waals surface area contributed by atoms with Crippen LogP contribution >= 0.6 is 15.9 Å². The molecule has 4 N–H and O–H groups in total. The van der Waals surface area contributed by atoms with Crippen molar-refractivity contribution in [3.63, 3.8) is 0 Å². The molecule has 1 aromatic heterocycles. The maximum absolute atomic E-state index is 9.99. The molecule has 1 aromatic rings. The summed E-state index contributed by atoms with van der Waals surface area (Å²) in [6.07, 6.45) is 3.29. The van der Waals surface area contributed by atoms with E-state index in [0.717, 1.165) is 17.3 Å². The first kappa shape index (κ1) is 13.3. The lowest BCUT2D eigenvalue weighted by Gasteiger charge is -2.23. The molecule has 1 heterocycles. The predicted octanol–water partition coefficient (Wildman–Crippen LogP) is 2.39. The van der Waals surface area contributed by atoms with E-state index in [4.69, 9.17) is 5.73 Å². The second kappa shape index (κ2) is 5.50. The Hall–Kier alpha value is -0.810. The van der Waals surface area contributed by atoms with Gasteiger partial charge in [0.05, 0.1) is 22.0 Å². The van der Waals surface area contributed by atoms with Crippen LogP contribution in [0, 0.1) is 0 Å². The van der Waals surface area contributed by atoms with E-state index >= 15 is 0 Å². The van der Waals surface area contributed by atoms with Crippen LogP contribution in [0.1, 0.15) is 26.7 Å². The number of aliphatic hydroxyl groups is 1. The average Bonchev–Trinajstić information content (AvgIpc) is 2.16. The first-order valence-corrected chi connectivity index (χ1v) is 6.11. The molecule has 1 atom stereocenters. The van der Waals surface area contributed by atoms with Gasteiger partial charge in [0.15, 0.2) is 0 Å². The molecule has 90 valence electrons. The van der Waals surface area contributed by atoms with Crippen molar-refractivity contribution in [1.82, 2.24) is 4.98 Å². The van der Waals surface area contributed by atoms with Gasteiger partial charge in [-0.25, -0.2) is 4.98 Å². The van der Waals surface area contributed by atoms with Crippen LogP contribution in [0.3, 0.4) is 0 Å². The number of hydrogen-bond donors (Lipinski definition) is 3. The molecular formula is C11H18BrN3O. The molecular weight excluding hydrogens is 270 g/mol. The van der Waals surface area contributed by atoms with E-state index in [0.29, 0.717) is 18.1 Å². The van der Waals surface area contributed by atoms with Crippen molar-refractivity contribution in [1.29, 1.82) is 0 Å². The van der Waals surface area contributed by atoms with Crippen LogP contribution in [0.25, 0.3) is 0 Å². The number of pyridine rings is 1. The maximum atomic E-state index is 9.99. The van der Waals surface area contributed by atoms with Gasteiger partial charge in [-0.3, -0.25) is 0 Å². The Morgan fingerprint density at radius 1 is 1.62 bits per heavy atom. The Kier molecular flexibility index (Phi) is 4.56. The van der Waals surface area contributed by atoms with Crippen molar-refractivity contribution in [2.24, 2.45) is 0 Å². The quantitative estimate of drug-likeness (QED) is 0.778. The molecule has 0 saturated heterocycles. The van der Waals surface area contributed by atoms with Crippen molar-refractivity contribution in [2.75, 3.05) is 17.6 Å². The van der Waals surface area contributed by atoms with E-state index in [1.165, 1.54) is 0 Å². The number of nitrogens with zero attached hydrogens (tertiary/aromatic N) is 1. The van der Waals surface area contributed by atoms with E-state index in [-0.39, 0.29) is 0 Å². The van der Waals surface area contributed by atoms with Gasteiger partial charge in [-0.1, -0.05) is 13.3 Å². The maximum Gasteiger partial charge on any atom is 0.140 e. The number of nitrogen functional groups attached to an aromatic ring is 1. The van der Waals surface area contributed by atoms with Crippen molar-refractivity contribution in [3.8, 4) is 0 Å². The molecule has 1 rings (SSSR count). The average molecular weight is 288 g/mol. The molecule has 0 spiro atoms. The third-order valence-corrected chi connectivity index (χ3v) is 2.89. The third kappa shape index (κ3) is 3.98. The predicted molar refractivity (Wildman–Crippen MR) is 70.4 cm³/mol. The number of hydrogen-bond acceptors (Lipinski definition) is 4. The summed E-state index contributed by atoms with van der Waals surface area (Å²) in [7, 11) is 0. The lowest BCUT2D eigenvalue weighted by atomic mass is 10.0. The van der Waals surface area contributed by atoms with Gasteiger partial charge in [-0.2, -0.15) is 0 Å². The molecule has 0 aromatic carbocycles. The van der Waals surface area contributed by atoms with Crippen LogP contribution in [-0.4, -0.2) is 22.2 Å². The highest BCUT2D eigenvalue weighted by Gasteiger charge is 2.19. The van der Waals surface area contributed by atoms with E-state index in [1.807, 2.05) is 13.8 Å². The van der Waals surface area contributed by atoms with Gasteiger partial charge in [0.2, 0.25) is 0 Å². The van der Waals surface area contributed by atoms with E-state index in [2.05, 4.69) is 26.2 Å². The monoisotopic (exact) mass is 287 g/mol. The van der Waals surface area contributed by atoms with Crippen LogP contribution in [0.5, 0.6) is 0 Å². The minimum atomic E-state index is -0.711. The van der Waals surface area contributed by atoms with Gasteiger partial charge in [-0.15, -0.1) is 0 Å². The molecule has 0 amide bonds. The highest BCUT2D eigenvalue weighted by molar-refractivity contribution is 9.10. The summed E-state index contributed by atoms with van der Waals surface area (Å²) in [6.45, 7) is 4.33. The normalized spacial score (nSPS) is 14.5. The number of nitrogens with two attached hydrogens (primary N) is 1. The van der Waals surface area contributed by atoms with Gasteiger partial charge in [0, 0.05) is 6.54 Å². The summed E-state index contributed by atoms with van der Waals surface area (Å²) in [5.74, 6) is 0.700. The fourth-order valence-electron chi connectivity index (χ4n) is 1.48. The van der Waals surface area contributed by atoms with Gasteiger partial charge in [-0.05, 0) is 35.3 Å². The molecule has 5 heteroatoms. The lowest BCUT2D eigenvalue weighted by Crippen LogP contribution is -2.33. The molecule has 0 saturated carbocycles. The SMILES string of the molecule is CCCC(C)(O)CNc1ncc(N)cc1Br. The van der Waals surface area contributed by atoms with Crippen LogP contribution in [-0.2, 0) is 0 Å². The molecule has 16 heavy (non-hydrogen) atoms. The zero-order valence-corrected chi connectivity index (χ0v) is 11.2. The molecule has 0 aliphatic rings. The zero-order valence-electron chi connectivity index (χ0n) is 9.63. The fraction of sp³-hybridized carbons (Fsp3) is 0.545. The molecule has 0 bridgehead atoms. The summed E-state index contributed by atoms with van der Waals surface area (Å²) in [5, 5.41) is 13.1. The Labute approximate surface area is 104 Å². The van der Waals surface area contributed by atoms with Crippen molar-refractivity contribution in [2.45, 2.75) is 32.3 Å². The van der Waals surface area contributed by atoms with Gasteiger partial charge >= 0.3 is 0 Å². The van der Waals surface area contributed by atoms with E-state index < -0.39 is 5.60 Å². The largest absolute Gasteiger partial charge is 0.397 e. The molecule has 1 unspecified atom stereocenters. The van der Waals surface area contributed by atoms with E-state index in [1.54, 1.807) is 12.3 Å². The second-order valence-corrected chi connectivity index (χ2v) is 5.05. The van der Waals surface area contributed by atoms with Crippen LogP contribution < -0.4 is 11.1 Å². The molecule has 4 nitrogen and oxygen atoms in total. The number of halogens is 1. The van der Waals surface area contributed by atoms with Crippen LogP contribution in [0.2, 0.25) is 0 Å². The van der Waals surface area contributed by atoms with Gasteiger partial charge in [0.25, 0.3) is 0 Å². The third-order valence-electron chi connectivity index (χ3n) is 2.29. The summed E-state index contributed by atoms with van der Waals surface area (Å²) in [4.78, 5) is 4.15. The smallest absolute Gasteiger partial charge is 0.140 e. The number of rotatable bonds is 5. The number of aromatic nitrogens is 1. The van der Waals surface area contributed by atoms with Gasteiger partial charge in [0.1, 0.15) is 5.82 Å². The topological polar surface area (TPSA) is 71.2 Å². The highest BCUT2D eigenvalue weighted by atomic mass is 79.9. The molecule has 0 aliphatic heterocycles. The Morgan fingerprint density at radius 2 is 2.31 bits per heavy atom. The second-order valence-electron chi connectivity index (χ2n) is 4.20. The summed E-state index contributed by atoms with van der Waals surface area (Å²) < 4.78 is 0.805. The summed E-state index contributed by atoms with van der Waals surface area (Å²) >= 11 is 3.37. The first-order chi connectivity index (χ1) is 7.44. The van der Waals surface area contributed by atoms with Crippen molar-refractivity contribution in [3.05, 3.63) is 16.7 Å². The molecule has 0 fully saturated rings. The highest BCUT2D eigenvalue weighted by Crippen LogP contribution is 2.22. The molecule has 0 aliphatic carbocycles. The van der Waals surface area contributed by atoms with E-state index in [9.17, 15) is 5.11 Å². The number of anilines is 2. The minimum absolute atomic E-state index is 0.469. The van der Waals surface area contributed by atoms with Crippen LogP contribution in [0.15, 0.2) is 16.7 Å². The minimum Gasteiger partial charge on any atom is -0.397 e. The zero-order chi connectivity index (χ0) is 12.2. The summed E-state index contributed by atoms with van der Waals surface area (Å²) in [6, 6.07) is 1.78.